The first kappa shape index (κ1) is 10.5. The van der Waals surface area contributed by atoms with Crippen LogP contribution in [0, 0.1) is 0 Å². The summed E-state index contributed by atoms with van der Waals surface area (Å²) in [5.41, 5.74) is 1.18. The van der Waals surface area contributed by atoms with E-state index in [1.807, 2.05) is 6.07 Å². The second kappa shape index (κ2) is 5.19. The predicted molar refractivity (Wildman–Crippen MR) is 59.4 cm³/mol. The van der Waals surface area contributed by atoms with Gasteiger partial charge in [-0.2, -0.15) is 10.2 Å². The number of nitrogens with zero attached hydrogens (tertiary/aromatic N) is 2. The minimum atomic E-state index is 0.499. The molecule has 0 radical (unpaired) electrons. The van der Waals surface area contributed by atoms with Crippen molar-refractivity contribution >= 4 is 0 Å². The molecular formula is C11H18N4. The fraction of sp³-hybridized carbons (Fsp3) is 0.636. The lowest BCUT2D eigenvalue weighted by atomic mass is 10.2. The van der Waals surface area contributed by atoms with Crippen LogP contribution in [-0.2, 0) is 6.54 Å². The molecule has 1 fully saturated rings. The van der Waals surface area contributed by atoms with Gasteiger partial charge in [-0.1, -0.05) is 0 Å². The minimum Gasteiger partial charge on any atom is -0.312 e. The van der Waals surface area contributed by atoms with Gasteiger partial charge in [-0.25, -0.2) is 0 Å². The van der Waals surface area contributed by atoms with Gasteiger partial charge in [0.2, 0.25) is 0 Å². The van der Waals surface area contributed by atoms with Crippen LogP contribution in [0.4, 0.5) is 0 Å². The fourth-order valence-electron chi connectivity index (χ4n) is 1.42. The van der Waals surface area contributed by atoms with Crippen molar-refractivity contribution in [3.05, 3.63) is 24.0 Å². The Morgan fingerprint density at radius 1 is 1.47 bits per heavy atom. The van der Waals surface area contributed by atoms with E-state index in [0.29, 0.717) is 6.04 Å². The Morgan fingerprint density at radius 2 is 2.33 bits per heavy atom. The van der Waals surface area contributed by atoms with E-state index in [9.17, 15) is 0 Å². The number of rotatable bonds is 6. The summed E-state index contributed by atoms with van der Waals surface area (Å²) >= 11 is 0. The highest BCUT2D eigenvalue weighted by Gasteiger charge is 2.20. The third-order valence-electron chi connectivity index (χ3n) is 2.59. The Balaban J connectivity index is 1.63. The topological polar surface area (TPSA) is 49.8 Å². The van der Waals surface area contributed by atoms with E-state index in [-0.39, 0.29) is 0 Å². The molecule has 1 aromatic heterocycles. The molecule has 1 atom stereocenters. The maximum Gasteiger partial charge on any atom is 0.0541 e. The fourth-order valence-corrected chi connectivity index (χ4v) is 1.42. The van der Waals surface area contributed by atoms with Crippen LogP contribution >= 0.6 is 0 Å². The normalized spacial score (nSPS) is 17.7. The minimum absolute atomic E-state index is 0.499. The van der Waals surface area contributed by atoms with Gasteiger partial charge in [0.25, 0.3) is 0 Å². The van der Waals surface area contributed by atoms with Gasteiger partial charge in [0.05, 0.1) is 6.20 Å². The Bertz CT molecular complexity index is 284. The molecule has 2 rings (SSSR count). The predicted octanol–water partition coefficient (Wildman–Crippen LogP) is 0.707. The maximum atomic E-state index is 3.84. The molecule has 1 heterocycles. The molecule has 2 N–H and O–H groups in total. The molecule has 0 amide bonds. The number of hydrogen-bond donors (Lipinski definition) is 2. The van der Waals surface area contributed by atoms with E-state index in [4.69, 9.17) is 0 Å². The molecule has 1 saturated carbocycles. The largest absolute Gasteiger partial charge is 0.312 e. The van der Waals surface area contributed by atoms with Crippen molar-refractivity contribution in [1.82, 2.24) is 20.8 Å². The number of aromatic nitrogens is 2. The van der Waals surface area contributed by atoms with Crippen LogP contribution in [0.5, 0.6) is 0 Å². The summed E-state index contributed by atoms with van der Waals surface area (Å²) in [5, 5.41) is 14.5. The first-order valence-electron chi connectivity index (χ1n) is 5.57. The molecule has 15 heavy (non-hydrogen) atoms. The van der Waals surface area contributed by atoms with Crippen molar-refractivity contribution in [3.8, 4) is 0 Å². The smallest absolute Gasteiger partial charge is 0.0541 e. The highest BCUT2D eigenvalue weighted by molar-refractivity contribution is 5.04. The summed E-state index contributed by atoms with van der Waals surface area (Å²) in [6.45, 7) is 4.11. The second-order valence-corrected chi connectivity index (χ2v) is 4.22. The van der Waals surface area contributed by atoms with E-state index >= 15 is 0 Å². The van der Waals surface area contributed by atoms with Crippen LogP contribution in [-0.4, -0.2) is 28.8 Å². The molecule has 1 aromatic rings. The van der Waals surface area contributed by atoms with Gasteiger partial charge in [-0.15, -0.1) is 0 Å². The Morgan fingerprint density at radius 3 is 3.00 bits per heavy atom. The van der Waals surface area contributed by atoms with Crippen LogP contribution in [0.2, 0.25) is 0 Å². The van der Waals surface area contributed by atoms with Crippen LogP contribution in [0.25, 0.3) is 0 Å². The van der Waals surface area contributed by atoms with Crippen molar-refractivity contribution < 1.29 is 0 Å². The Kier molecular flexibility index (Phi) is 3.64. The molecule has 0 bridgehead atoms. The zero-order chi connectivity index (χ0) is 10.5. The van der Waals surface area contributed by atoms with Crippen LogP contribution < -0.4 is 10.6 Å². The van der Waals surface area contributed by atoms with Crippen LogP contribution in [0.15, 0.2) is 18.5 Å². The summed E-state index contributed by atoms with van der Waals surface area (Å²) in [7, 11) is 0. The number of nitrogens with one attached hydrogen (secondary N) is 2. The highest BCUT2D eigenvalue weighted by Crippen LogP contribution is 2.18. The molecule has 0 spiro atoms. The summed E-state index contributed by atoms with van der Waals surface area (Å²) in [5.74, 6) is 0. The molecule has 0 aliphatic heterocycles. The molecule has 0 saturated heterocycles. The SMILES string of the molecule is CC(CNC1CC1)NCc1ccnnc1. The monoisotopic (exact) mass is 206 g/mol. The summed E-state index contributed by atoms with van der Waals surface area (Å²) < 4.78 is 0. The lowest BCUT2D eigenvalue weighted by Gasteiger charge is -2.14. The zero-order valence-corrected chi connectivity index (χ0v) is 9.11. The molecule has 0 aromatic carbocycles. The quantitative estimate of drug-likeness (QED) is 0.719. The summed E-state index contributed by atoms with van der Waals surface area (Å²) in [4.78, 5) is 0. The third kappa shape index (κ3) is 3.93. The average Bonchev–Trinajstić information content (AvgIpc) is 3.09. The van der Waals surface area contributed by atoms with E-state index in [0.717, 1.165) is 19.1 Å². The van der Waals surface area contributed by atoms with Crippen molar-refractivity contribution in [3.63, 3.8) is 0 Å². The second-order valence-electron chi connectivity index (χ2n) is 4.22. The van der Waals surface area contributed by atoms with Gasteiger partial charge in [-0.3, -0.25) is 0 Å². The lowest BCUT2D eigenvalue weighted by molar-refractivity contribution is 0.499. The molecule has 4 heteroatoms. The Labute approximate surface area is 90.5 Å². The van der Waals surface area contributed by atoms with E-state index in [1.54, 1.807) is 12.4 Å². The Hall–Kier alpha value is -1.00. The van der Waals surface area contributed by atoms with Gasteiger partial charge in [0.1, 0.15) is 0 Å². The summed E-state index contributed by atoms with van der Waals surface area (Å²) in [6.07, 6.45) is 6.22. The van der Waals surface area contributed by atoms with Crippen LogP contribution in [0.1, 0.15) is 25.3 Å². The van der Waals surface area contributed by atoms with Crippen LogP contribution in [0.3, 0.4) is 0 Å². The van der Waals surface area contributed by atoms with Gasteiger partial charge in [0.15, 0.2) is 0 Å². The number of hydrogen-bond acceptors (Lipinski definition) is 4. The average molecular weight is 206 g/mol. The summed E-state index contributed by atoms with van der Waals surface area (Å²) in [6, 6.07) is 3.27. The van der Waals surface area contributed by atoms with Crippen molar-refractivity contribution in [2.75, 3.05) is 6.54 Å². The first-order chi connectivity index (χ1) is 7.34. The van der Waals surface area contributed by atoms with Gasteiger partial charge >= 0.3 is 0 Å². The molecule has 1 aliphatic rings. The van der Waals surface area contributed by atoms with Gasteiger partial charge in [0, 0.05) is 31.4 Å². The molecule has 1 unspecified atom stereocenters. The lowest BCUT2D eigenvalue weighted by Crippen LogP contribution is -2.36. The molecule has 4 nitrogen and oxygen atoms in total. The molecular weight excluding hydrogens is 188 g/mol. The molecule has 82 valence electrons. The maximum absolute atomic E-state index is 3.84. The van der Waals surface area contributed by atoms with Gasteiger partial charge < -0.3 is 10.6 Å². The van der Waals surface area contributed by atoms with Gasteiger partial charge in [-0.05, 0) is 31.4 Å². The standard InChI is InChI=1S/C11H18N4/c1-9(6-13-11-2-3-11)12-7-10-4-5-14-15-8-10/h4-5,8-9,11-13H,2-3,6-7H2,1H3. The highest BCUT2D eigenvalue weighted by atomic mass is 15.1. The zero-order valence-electron chi connectivity index (χ0n) is 9.11. The molecule has 1 aliphatic carbocycles. The van der Waals surface area contributed by atoms with E-state index in [1.165, 1.54) is 18.4 Å². The third-order valence-corrected chi connectivity index (χ3v) is 2.59. The van der Waals surface area contributed by atoms with E-state index < -0.39 is 0 Å². The first-order valence-corrected chi connectivity index (χ1v) is 5.57. The van der Waals surface area contributed by atoms with E-state index in [2.05, 4.69) is 27.8 Å². The van der Waals surface area contributed by atoms with Crippen molar-refractivity contribution in [1.29, 1.82) is 0 Å². The van der Waals surface area contributed by atoms with Crippen molar-refractivity contribution in [2.24, 2.45) is 0 Å². The van der Waals surface area contributed by atoms with Crippen molar-refractivity contribution in [2.45, 2.75) is 38.4 Å².